The van der Waals surface area contributed by atoms with Gasteiger partial charge in [0.05, 0.1) is 11.1 Å². The predicted molar refractivity (Wildman–Crippen MR) is 136 cm³/mol. The van der Waals surface area contributed by atoms with Gasteiger partial charge in [-0.15, -0.1) is 0 Å². The van der Waals surface area contributed by atoms with Crippen LogP contribution < -0.4 is 4.57 Å². The first-order valence-electron chi connectivity index (χ1n) is 12.8. The number of benzene rings is 3. The van der Waals surface area contributed by atoms with E-state index in [9.17, 15) is 0 Å². The van der Waals surface area contributed by atoms with Crippen LogP contribution in [0, 0.1) is 12.7 Å². The first-order valence-corrected chi connectivity index (χ1v) is 11.8. The lowest BCUT2D eigenvalue weighted by molar-refractivity contribution is -0.660. The molecule has 0 N–H and O–H groups in total. The molecule has 1 aliphatic rings. The van der Waals surface area contributed by atoms with Crippen molar-refractivity contribution >= 4 is 21.9 Å². The Kier molecular flexibility index (Phi) is 4.19. The van der Waals surface area contributed by atoms with Crippen LogP contribution in [0.25, 0.3) is 44.3 Å². The zero-order chi connectivity index (χ0) is 25.4. The molecule has 0 atom stereocenters. The molecule has 0 saturated heterocycles. The molecule has 0 amide bonds. The van der Waals surface area contributed by atoms with Gasteiger partial charge in [0.25, 0.3) is 0 Å². The Balaban J connectivity index is 1.73. The van der Waals surface area contributed by atoms with E-state index < -0.39 is 6.37 Å². The van der Waals surface area contributed by atoms with E-state index >= 15 is 4.39 Å². The van der Waals surface area contributed by atoms with Gasteiger partial charge in [-0.2, -0.15) is 0 Å². The Hall–Kier alpha value is -3.46. The van der Waals surface area contributed by atoms with Crippen LogP contribution in [0.4, 0.5) is 4.39 Å². The SMILES string of the molecule is [2H]C1([2H])CCC(C)(C)c2c(-c3c(F)ccc4c3oc3c(-c5cccc[n+]5C)c(C)ccc34)cccc21. The van der Waals surface area contributed by atoms with Gasteiger partial charge in [0.1, 0.15) is 24.0 Å². The Labute approximate surface area is 202 Å². The van der Waals surface area contributed by atoms with Crippen molar-refractivity contribution < 1.29 is 16.1 Å². The van der Waals surface area contributed by atoms with E-state index in [1.54, 1.807) is 6.07 Å². The van der Waals surface area contributed by atoms with Crippen molar-refractivity contribution in [2.24, 2.45) is 7.05 Å². The van der Waals surface area contributed by atoms with Gasteiger partial charge in [-0.25, -0.2) is 8.96 Å². The lowest BCUT2D eigenvalue weighted by atomic mass is 9.70. The number of furan rings is 1. The van der Waals surface area contributed by atoms with Crippen LogP contribution in [0.3, 0.4) is 0 Å². The molecular weight excluding hydrogens is 421 g/mol. The van der Waals surface area contributed by atoms with Crippen LogP contribution in [0.2, 0.25) is 0 Å². The van der Waals surface area contributed by atoms with Gasteiger partial charge >= 0.3 is 0 Å². The van der Waals surface area contributed by atoms with E-state index in [1.807, 2.05) is 49.6 Å². The average Bonchev–Trinajstić information content (AvgIpc) is 3.21. The van der Waals surface area contributed by atoms with E-state index in [0.29, 0.717) is 35.1 Å². The molecule has 0 bridgehead atoms. The van der Waals surface area contributed by atoms with Crippen LogP contribution in [-0.2, 0) is 18.8 Å². The number of pyridine rings is 1. The summed E-state index contributed by atoms with van der Waals surface area (Å²) in [6, 6.07) is 19.1. The number of halogens is 1. The van der Waals surface area contributed by atoms with Crippen molar-refractivity contribution in [1.29, 1.82) is 0 Å². The summed E-state index contributed by atoms with van der Waals surface area (Å²) >= 11 is 0. The number of aromatic nitrogens is 1. The van der Waals surface area contributed by atoms with Gasteiger partial charge in [0.2, 0.25) is 5.69 Å². The summed E-state index contributed by atoms with van der Waals surface area (Å²) in [5.41, 5.74) is 6.69. The summed E-state index contributed by atoms with van der Waals surface area (Å²) in [5, 5.41) is 1.80. The average molecular weight is 453 g/mol. The molecule has 170 valence electrons. The largest absolute Gasteiger partial charge is 0.454 e. The van der Waals surface area contributed by atoms with Gasteiger partial charge in [0, 0.05) is 25.6 Å². The van der Waals surface area contributed by atoms with Crippen LogP contribution >= 0.6 is 0 Å². The maximum Gasteiger partial charge on any atom is 0.216 e. The fourth-order valence-corrected chi connectivity index (χ4v) is 5.60. The number of hydrogen-bond donors (Lipinski definition) is 0. The molecule has 6 rings (SSSR count). The van der Waals surface area contributed by atoms with Crippen molar-refractivity contribution in [3.05, 3.63) is 89.4 Å². The first-order chi connectivity index (χ1) is 17.1. The summed E-state index contributed by atoms with van der Waals surface area (Å²) in [5.74, 6) is -0.361. The van der Waals surface area contributed by atoms with E-state index in [2.05, 4.69) is 37.5 Å². The lowest BCUT2D eigenvalue weighted by Crippen LogP contribution is -2.30. The molecule has 5 aromatic rings. The minimum Gasteiger partial charge on any atom is -0.454 e. The number of fused-ring (bicyclic) bond motifs is 4. The molecule has 2 nitrogen and oxygen atoms in total. The van der Waals surface area contributed by atoms with Crippen molar-refractivity contribution in [2.75, 3.05) is 0 Å². The molecule has 0 unspecified atom stereocenters. The van der Waals surface area contributed by atoms with Crippen LogP contribution in [-0.4, -0.2) is 0 Å². The zero-order valence-corrected chi connectivity index (χ0v) is 20.0. The highest BCUT2D eigenvalue weighted by atomic mass is 19.1. The molecule has 3 heteroatoms. The van der Waals surface area contributed by atoms with E-state index in [-0.39, 0.29) is 11.2 Å². The monoisotopic (exact) mass is 452 g/mol. The summed E-state index contributed by atoms with van der Waals surface area (Å²) in [4.78, 5) is 0. The van der Waals surface area contributed by atoms with E-state index in [4.69, 9.17) is 7.16 Å². The Morgan fingerprint density at radius 2 is 1.71 bits per heavy atom. The Bertz CT molecular complexity index is 1680. The topological polar surface area (TPSA) is 17.0 Å². The summed E-state index contributed by atoms with van der Waals surface area (Å²) in [6.07, 6.45) is 1.69. The van der Waals surface area contributed by atoms with Crippen molar-refractivity contribution in [1.82, 2.24) is 0 Å². The number of rotatable bonds is 2. The molecule has 1 aliphatic carbocycles. The molecular formula is C31H29FNO+. The second kappa shape index (κ2) is 7.53. The molecule has 3 aromatic carbocycles. The maximum absolute atomic E-state index is 15.8. The fraction of sp³-hybridized carbons (Fsp3) is 0.258. The number of aryl methyl sites for hydroxylation is 3. The van der Waals surface area contributed by atoms with E-state index in [0.717, 1.165) is 38.7 Å². The highest BCUT2D eigenvalue weighted by Crippen LogP contribution is 2.47. The van der Waals surface area contributed by atoms with E-state index in [1.165, 1.54) is 6.07 Å². The van der Waals surface area contributed by atoms with Gasteiger partial charge in [0.15, 0.2) is 6.20 Å². The summed E-state index contributed by atoms with van der Waals surface area (Å²) in [7, 11) is 2.01. The molecule has 2 heterocycles. The fourth-order valence-electron chi connectivity index (χ4n) is 5.60. The lowest BCUT2D eigenvalue weighted by Gasteiger charge is -2.34. The molecule has 0 fully saturated rings. The molecule has 34 heavy (non-hydrogen) atoms. The van der Waals surface area contributed by atoms with Crippen LogP contribution in [0.5, 0.6) is 0 Å². The Morgan fingerprint density at radius 3 is 2.50 bits per heavy atom. The van der Waals surface area contributed by atoms with Gasteiger partial charge in [-0.3, -0.25) is 0 Å². The van der Waals surface area contributed by atoms with Crippen molar-refractivity contribution in [2.45, 2.75) is 45.4 Å². The third-order valence-electron chi connectivity index (χ3n) is 7.35. The van der Waals surface area contributed by atoms with Gasteiger partial charge in [-0.1, -0.05) is 44.2 Å². The number of hydrogen-bond acceptors (Lipinski definition) is 1. The Morgan fingerprint density at radius 1 is 0.941 bits per heavy atom. The predicted octanol–water partition coefficient (Wildman–Crippen LogP) is 7.81. The second-order valence-electron chi connectivity index (χ2n) is 10.0. The standard InChI is InChI=1S/C31H29FNO/c1-19-13-14-21-22-15-16-24(32)27(23-11-7-9-20-10-8-17-31(2,3)28(20)23)30(22)34-29(21)26(19)25-12-5-6-18-33(25)4/h5-7,9,11-16,18H,8,10,17H2,1-4H3/q+1/i10D2. The minimum atomic E-state index is -1.45. The third kappa shape index (κ3) is 3.03. The molecule has 0 saturated carbocycles. The van der Waals surface area contributed by atoms with Crippen LogP contribution in [0.1, 0.15) is 46.1 Å². The minimum absolute atomic E-state index is 0.294. The molecule has 2 aromatic heterocycles. The highest BCUT2D eigenvalue weighted by Gasteiger charge is 2.32. The third-order valence-corrected chi connectivity index (χ3v) is 7.35. The molecule has 0 radical (unpaired) electrons. The second-order valence-corrected chi connectivity index (χ2v) is 10.0. The van der Waals surface area contributed by atoms with Crippen molar-refractivity contribution in [3.63, 3.8) is 0 Å². The summed E-state index contributed by atoms with van der Waals surface area (Å²) < 4.78 is 41.8. The molecule has 0 spiro atoms. The summed E-state index contributed by atoms with van der Waals surface area (Å²) in [6.45, 7) is 6.31. The van der Waals surface area contributed by atoms with Gasteiger partial charge < -0.3 is 4.42 Å². The highest BCUT2D eigenvalue weighted by molar-refractivity contribution is 6.13. The molecule has 0 aliphatic heterocycles. The van der Waals surface area contributed by atoms with Crippen LogP contribution in [0.15, 0.2) is 71.3 Å². The quantitative estimate of drug-likeness (QED) is 0.250. The zero-order valence-electron chi connectivity index (χ0n) is 22.0. The maximum atomic E-state index is 15.8. The number of nitrogens with zero attached hydrogens (tertiary/aromatic N) is 1. The first kappa shape index (κ1) is 18.9. The normalized spacial score (nSPS) is 17.4. The van der Waals surface area contributed by atoms with Crippen molar-refractivity contribution in [3.8, 4) is 22.4 Å². The van der Waals surface area contributed by atoms with Gasteiger partial charge in [-0.05, 0) is 72.0 Å². The smallest absolute Gasteiger partial charge is 0.216 e.